The zero-order valence-corrected chi connectivity index (χ0v) is 30.9. The van der Waals surface area contributed by atoms with Crippen LogP contribution in [0.2, 0.25) is 0 Å². The quantitative estimate of drug-likeness (QED) is 0.161. The molecule has 0 aliphatic heterocycles. The van der Waals surface area contributed by atoms with Crippen LogP contribution in [0.15, 0.2) is 200 Å². The normalized spacial score (nSPS) is 12.2. The molecule has 0 fully saturated rings. The molecule has 0 saturated heterocycles. The van der Waals surface area contributed by atoms with E-state index in [1.807, 2.05) is 0 Å². The van der Waals surface area contributed by atoms with Crippen molar-refractivity contribution in [3.8, 4) is 17.1 Å². The molecule has 0 aliphatic carbocycles. The van der Waals surface area contributed by atoms with Gasteiger partial charge in [0.15, 0.2) is 0 Å². The molecule has 0 aliphatic rings. The molecule has 0 amide bonds. The zero-order valence-electron chi connectivity index (χ0n) is 30.9. The minimum Gasteiger partial charge on any atom is -0.309 e. The van der Waals surface area contributed by atoms with Crippen molar-refractivity contribution in [1.82, 2.24) is 13.7 Å². The van der Waals surface area contributed by atoms with E-state index in [1.165, 1.54) is 103 Å². The van der Waals surface area contributed by atoms with Gasteiger partial charge in [0, 0.05) is 54.5 Å². The van der Waals surface area contributed by atoms with E-state index >= 15 is 0 Å². The van der Waals surface area contributed by atoms with Gasteiger partial charge in [0.2, 0.25) is 0 Å². The van der Waals surface area contributed by atoms with E-state index < -0.39 is 0 Å². The van der Waals surface area contributed by atoms with Gasteiger partial charge in [0.25, 0.3) is 0 Å². The smallest absolute Gasteiger partial charge is 0.0795 e. The Morgan fingerprint density at radius 1 is 0.211 bits per heavy atom. The van der Waals surface area contributed by atoms with E-state index in [9.17, 15) is 0 Å². The lowest BCUT2D eigenvalue weighted by atomic mass is 9.89. The molecule has 0 saturated carbocycles. The molecule has 0 bridgehead atoms. The maximum absolute atomic E-state index is 2.60. The molecule has 3 heteroatoms. The van der Waals surface area contributed by atoms with Crippen LogP contribution in [0.3, 0.4) is 0 Å². The summed E-state index contributed by atoms with van der Waals surface area (Å²) in [6, 6.07) is 73.6. The van der Waals surface area contributed by atoms with Crippen LogP contribution >= 0.6 is 0 Å². The second kappa shape index (κ2) is 11.5. The third-order valence-corrected chi connectivity index (χ3v) is 12.4. The second-order valence-electron chi connectivity index (χ2n) is 15.2. The van der Waals surface area contributed by atoms with Gasteiger partial charge in [-0.25, -0.2) is 0 Å². The van der Waals surface area contributed by atoms with Crippen molar-refractivity contribution in [2.24, 2.45) is 0 Å². The molecule has 0 spiro atoms. The van der Waals surface area contributed by atoms with Crippen LogP contribution in [0.5, 0.6) is 0 Å². The number of benzene rings is 10. The largest absolute Gasteiger partial charge is 0.309 e. The first-order valence-electron chi connectivity index (χ1n) is 19.7. The van der Waals surface area contributed by atoms with E-state index in [1.54, 1.807) is 0 Å². The Morgan fingerprint density at radius 3 is 1.12 bits per heavy atom. The lowest BCUT2D eigenvalue weighted by molar-refractivity contribution is 1.15. The Morgan fingerprint density at radius 2 is 0.579 bits per heavy atom. The van der Waals surface area contributed by atoms with Gasteiger partial charge in [-0.05, 0) is 76.1 Å². The summed E-state index contributed by atoms with van der Waals surface area (Å²) < 4.78 is 7.55. The first-order valence-corrected chi connectivity index (χ1v) is 19.7. The van der Waals surface area contributed by atoms with Crippen LogP contribution in [-0.4, -0.2) is 13.7 Å². The Kier molecular flexibility index (Phi) is 6.16. The van der Waals surface area contributed by atoms with E-state index in [2.05, 4.69) is 214 Å². The third kappa shape index (κ3) is 4.00. The summed E-state index contributed by atoms with van der Waals surface area (Å²) in [6.45, 7) is 0. The number of fused-ring (bicyclic) bond motifs is 18. The fourth-order valence-electron chi connectivity index (χ4n) is 10.2. The number of aromatic nitrogens is 3. The van der Waals surface area contributed by atoms with Crippen LogP contribution in [-0.2, 0) is 0 Å². The highest BCUT2D eigenvalue weighted by atomic mass is 15.1. The maximum Gasteiger partial charge on any atom is 0.0795 e. The van der Waals surface area contributed by atoms with E-state index in [-0.39, 0.29) is 0 Å². The van der Waals surface area contributed by atoms with Crippen molar-refractivity contribution in [1.29, 1.82) is 0 Å². The van der Waals surface area contributed by atoms with Gasteiger partial charge in [-0.15, -0.1) is 0 Å². The number of hydrogen-bond donors (Lipinski definition) is 0. The highest BCUT2D eigenvalue weighted by Gasteiger charge is 2.28. The monoisotopic (exact) mass is 723 g/mol. The number of para-hydroxylation sites is 5. The van der Waals surface area contributed by atoms with E-state index in [0.29, 0.717) is 0 Å². The minimum absolute atomic E-state index is 1.14. The fraction of sp³-hybridized carbons (Fsp3) is 0. The topological polar surface area (TPSA) is 14.8 Å². The van der Waals surface area contributed by atoms with Crippen molar-refractivity contribution in [3.63, 3.8) is 0 Å². The molecule has 0 radical (unpaired) electrons. The third-order valence-electron chi connectivity index (χ3n) is 12.4. The summed E-state index contributed by atoms with van der Waals surface area (Å²) in [7, 11) is 0. The summed E-state index contributed by atoms with van der Waals surface area (Å²) in [5.74, 6) is 0. The van der Waals surface area contributed by atoms with Crippen molar-refractivity contribution in [2.75, 3.05) is 0 Å². The van der Waals surface area contributed by atoms with Gasteiger partial charge in [-0.2, -0.15) is 0 Å². The molecule has 3 aromatic heterocycles. The fourth-order valence-corrected chi connectivity index (χ4v) is 10.2. The van der Waals surface area contributed by atoms with Crippen molar-refractivity contribution >= 4 is 97.7 Å². The summed E-state index contributed by atoms with van der Waals surface area (Å²) in [4.78, 5) is 0. The van der Waals surface area contributed by atoms with Gasteiger partial charge in [-0.1, -0.05) is 146 Å². The van der Waals surface area contributed by atoms with Gasteiger partial charge in [0.05, 0.1) is 38.8 Å². The predicted molar refractivity (Wildman–Crippen MR) is 242 cm³/mol. The Hall–Kier alpha value is -7.62. The number of nitrogens with zero attached hydrogens (tertiary/aromatic N) is 3. The van der Waals surface area contributed by atoms with Gasteiger partial charge < -0.3 is 13.7 Å². The molecule has 3 nitrogen and oxygen atoms in total. The van der Waals surface area contributed by atoms with Crippen LogP contribution in [0.1, 0.15) is 0 Å². The second-order valence-corrected chi connectivity index (χ2v) is 15.2. The van der Waals surface area contributed by atoms with Crippen LogP contribution < -0.4 is 0 Å². The van der Waals surface area contributed by atoms with Gasteiger partial charge in [0.1, 0.15) is 0 Å². The lowest BCUT2D eigenvalue weighted by Gasteiger charge is -2.17. The first-order chi connectivity index (χ1) is 28.4. The molecule has 3 heterocycles. The minimum atomic E-state index is 1.14. The molecule has 0 atom stereocenters. The van der Waals surface area contributed by atoms with Crippen molar-refractivity contribution in [2.45, 2.75) is 0 Å². The highest BCUT2D eigenvalue weighted by molar-refractivity contribution is 6.45. The Labute approximate surface area is 327 Å². The number of rotatable bonds is 3. The molecule has 264 valence electrons. The standard InChI is InChI=1S/C54H33N3/c1-3-18-34(19-4-1)55-43-29-14-11-26-40(43)48-46(55)32-17-33-47(48)57-45-31-16-13-28-42(45)52-50-39-25-10-8-23-37(39)36-22-7-9-24-38(36)49(50)51-41-27-12-15-30-44(41)56(53(51)54(52)57)35-20-5-2-6-21-35/h1-33H. The number of hydrogen-bond acceptors (Lipinski definition) is 0. The summed E-state index contributed by atoms with van der Waals surface area (Å²) in [5.41, 5.74) is 10.6. The van der Waals surface area contributed by atoms with Crippen molar-refractivity contribution < 1.29 is 0 Å². The summed E-state index contributed by atoms with van der Waals surface area (Å²) in [6.07, 6.45) is 0. The van der Waals surface area contributed by atoms with E-state index in [4.69, 9.17) is 0 Å². The average Bonchev–Trinajstić information content (AvgIpc) is 3.93. The molecular formula is C54H33N3. The molecule has 0 N–H and O–H groups in total. The van der Waals surface area contributed by atoms with E-state index in [0.717, 1.165) is 11.4 Å². The van der Waals surface area contributed by atoms with Crippen molar-refractivity contribution in [3.05, 3.63) is 200 Å². The van der Waals surface area contributed by atoms with Crippen LogP contribution in [0.4, 0.5) is 0 Å². The molecule has 0 unspecified atom stereocenters. The van der Waals surface area contributed by atoms with Gasteiger partial charge in [-0.3, -0.25) is 0 Å². The molecular weight excluding hydrogens is 691 g/mol. The first kappa shape index (κ1) is 30.7. The molecule has 57 heavy (non-hydrogen) atoms. The molecule has 13 rings (SSSR count). The highest BCUT2D eigenvalue weighted by Crippen LogP contribution is 2.51. The van der Waals surface area contributed by atoms with Crippen LogP contribution in [0, 0.1) is 0 Å². The Balaban J connectivity index is 1.38. The SMILES string of the molecule is c1ccc(-n2c3ccccc3c3c(-n4c5ccccc5c5c6c7ccccc7c7ccccc7c6c6c7ccccc7n(-c7ccccc7)c6c54)cccc32)cc1. The lowest BCUT2D eigenvalue weighted by Crippen LogP contribution is -2.00. The Bertz CT molecular complexity index is 3790. The molecule has 13 aromatic rings. The summed E-state index contributed by atoms with van der Waals surface area (Å²) >= 11 is 0. The van der Waals surface area contributed by atoms with Crippen LogP contribution in [0.25, 0.3) is 115 Å². The zero-order chi connectivity index (χ0) is 37.2. The summed E-state index contributed by atoms with van der Waals surface area (Å²) in [5, 5.41) is 15.2. The maximum atomic E-state index is 2.60. The predicted octanol–water partition coefficient (Wildman–Crippen LogP) is 14.4. The molecule has 10 aromatic carbocycles. The average molecular weight is 724 g/mol. The van der Waals surface area contributed by atoms with Gasteiger partial charge >= 0.3 is 0 Å².